The van der Waals surface area contributed by atoms with Crippen LogP contribution >= 0.6 is 0 Å². The van der Waals surface area contributed by atoms with Crippen molar-refractivity contribution in [3.63, 3.8) is 0 Å². The van der Waals surface area contributed by atoms with Gasteiger partial charge < -0.3 is 5.11 Å². The number of allylic oxidation sites excluding steroid dienone is 3. The lowest BCUT2D eigenvalue weighted by atomic mass is 9.47. The van der Waals surface area contributed by atoms with Crippen molar-refractivity contribution in [3.8, 4) is 0 Å². The van der Waals surface area contributed by atoms with Crippen LogP contribution in [-0.2, 0) is 0 Å². The molecular weight excluding hydrogens is 364 g/mol. The van der Waals surface area contributed by atoms with Gasteiger partial charge in [0, 0.05) is 0 Å². The molecule has 5 unspecified atom stereocenters. The number of hydrogen-bond donors (Lipinski definition) is 1. The molecule has 0 aromatic heterocycles. The van der Waals surface area contributed by atoms with Crippen molar-refractivity contribution in [1.29, 1.82) is 0 Å². The summed E-state index contributed by atoms with van der Waals surface area (Å²) in [5, 5.41) is 10.2. The average molecular weight is 413 g/mol. The van der Waals surface area contributed by atoms with Crippen LogP contribution in [-0.4, -0.2) is 11.2 Å². The van der Waals surface area contributed by atoms with Crippen LogP contribution in [0.2, 0.25) is 0 Å². The molecule has 3 saturated carbocycles. The third kappa shape index (κ3) is 3.66. The fourth-order valence-corrected chi connectivity index (χ4v) is 9.00. The second kappa shape index (κ2) is 8.42. The van der Waals surface area contributed by atoms with Crippen molar-refractivity contribution in [2.45, 2.75) is 118 Å². The van der Waals surface area contributed by atoms with Crippen LogP contribution in [0.4, 0.5) is 0 Å². The third-order valence-corrected chi connectivity index (χ3v) is 10.9. The van der Waals surface area contributed by atoms with Gasteiger partial charge in [-0.15, -0.1) is 0 Å². The monoisotopic (exact) mass is 412 g/mol. The molecule has 4 aliphatic carbocycles. The van der Waals surface area contributed by atoms with E-state index in [1.165, 1.54) is 57.8 Å². The maximum atomic E-state index is 10.2. The number of aliphatic hydroxyl groups excluding tert-OH is 1. The van der Waals surface area contributed by atoms with E-state index < -0.39 is 0 Å². The van der Waals surface area contributed by atoms with Crippen LogP contribution in [0.1, 0.15) is 112 Å². The summed E-state index contributed by atoms with van der Waals surface area (Å²) in [7, 11) is 0. The van der Waals surface area contributed by atoms with E-state index in [0.717, 1.165) is 42.4 Å². The van der Waals surface area contributed by atoms with Crippen molar-refractivity contribution < 1.29 is 5.11 Å². The molecule has 0 amide bonds. The van der Waals surface area contributed by atoms with Crippen LogP contribution in [0.5, 0.6) is 0 Å². The highest BCUT2D eigenvalue weighted by Crippen LogP contribution is 2.67. The fourth-order valence-electron chi connectivity index (χ4n) is 9.00. The third-order valence-electron chi connectivity index (χ3n) is 10.9. The second-order valence-electron chi connectivity index (χ2n) is 12.4. The zero-order chi connectivity index (χ0) is 21.7. The van der Waals surface area contributed by atoms with Gasteiger partial charge in [0.1, 0.15) is 0 Å². The Labute approximate surface area is 186 Å². The summed E-state index contributed by atoms with van der Waals surface area (Å²) in [6, 6.07) is 0. The first-order valence-corrected chi connectivity index (χ1v) is 13.2. The maximum Gasteiger partial charge on any atom is 0.0577 e. The molecule has 0 radical (unpaired) electrons. The molecule has 3 fully saturated rings. The molecule has 30 heavy (non-hydrogen) atoms. The Hall–Kier alpha value is -0.560. The van der Waals surface area contributed by atoms with Gasteiger partial charge in [-0.1, -0.05) is 50.5 Å². The van der Waals surface area contributed by atoms with Gasteiger partial charge in [-0.3, -0.25) is 0 Å². The van der Waals surface area contributed by atoms with E-state index in [-0.39, 0.29) is 6.10 Å². The number of fused-ring (bicyclic) bond motifs is 5. The Morgan fingerprint density at radius 2 is 1.87 bits per heavy atom. The van der Waals surface area contributed by atoms with Gasteiger partial charge in [0.2, 0.25) is 0 Å². The van der Waals surface area contributed by atoms with Gasteiger partial charge in [0.15, 0.2) is 0 Å². The number of aliphatic hydroxyl groups is 1. The zero-order valence-electron chi connectivity index (χ0n) is 20.8. The molecule has 1 heteroatoms. The van der Waals surface area contributed by atoms with Gasteiger partial charge in [0.25, 0.3) is 0 Å². The Morgan fingerprint density at radius 1 is 1.10 bits per heavy atom. The first-order valence-electron chi connectivity index (χ1n) is 13.2. The van der Waals surface area contributed by atoms with Crippen molar-refractivity contribution in [3.05, 3.63) is 22.8 Å². The lowest BCUT2D eigenvalue weighted by Gasteiger charge is -2.58. The molecule has 0 aliphatic heterocycles. The molecular formula is C29H48O. The highest BCUT2D eigenvalue weighted by molar-refractivity contribution is 5.25. The molecule has 0 aromatic carbocycles. The quantitative estimate of drug-likeness (QED) is 0.452. The van der Waals surface area contributed by atoms with E-state index in [0.29, 0.717) is 10.8 Å². The highest BCUT2D eigenvalue weighted by Gasteiger charge is 2.59. The van der Waals surface area contributed by atoms with Gasteiger partial charge in [-0.2, -0.15) is 0 Å². The fraction of sp³-hybridized carbons (Fsp3) is 0.862. The van der Waals surface area contributed by atoms with Crippen molar-refractivity contribution in [2.24, 2.45) is 40.4 Å². The summed E-state index contributed by atoms with van der Waals surface area (Å²) in [6.45, 7) is 14.8. The summed E-state index contributed by atoms with van der Waals surface area (Å²) in [5.74, 6) is 4.47. The standard InChI is InChI=1S/C29H48O/c1-7-21(19(2)3)9-8-20(4)25-12-13-26-24-11-10-22-18-23(30)14-16-28(22,5)27(24)15-17-29(25,26)6/h10,20,23-27,30H,7-9,11-18H2,1-6H3/t20-,23+,24?,25?,26?,27?,28+,29?/m1/s1. The van der Waals surface area contributed by atoms with Gasteiger partial charge >= 0.3 is 0 Å². The summed E-state index contributed by atoms with van der Waals surface area (Å²) in [5.41, 5.74) is 5.81. The molecule has 4 rings (SSSR count). The lowest BCUT2D eigenvalue weighted by Crippen LogP contribution is -2.50. The summed E-state index contributed by atoms with van der Waals surface area (Å²) >= 11 is 0. The van der Waals surface area contributed by atoms with Gasteiger partial charge in [0.05, 0.1) is 6.10 Å². The van der Waals surface area contributed by atoms with Crippen LogP contribution in [0, 0.1) is 40.4 Å². The molecule has 0 spiro atoms. The van der Waals surface area contributed by atoms with Crippen molar-refractivity contribution >= 4 is 0 Å². The van der Waals surface area contributed by atoms with Crippen LogP contribution in [0.15, 0.2) is 22.8 Å². The summed E-state index contributed by atoms with van der Waals surface area (Å²) in [4.78, 5) is 0. The van der Waals surface area contributed by atoms with E-state index >= 15 is 0 Å². The smallest absolute Gasteiger partial charge is 0.0577 e. The predicted octanol–water partition coefficient (Wildman–Crippen LogP) is 8.09. The second-order valence-corrected chi connectivity index (χ2v) is 12.4. The lowest BCUT2D eigenvalue weighted by molar-refractivity contribution is -0.0571. The predicted molar refractivity (Wildman–Crippen MR) is 128 cm³/mol. The Bertz CT molecular complexity index is 697. The molecule has 0 bridgehead atoms. The van der Waals surface area contributed by atoms with E-state index in [1.54, 1.807) is 16.7 Å². The van der Waals surface area contributed by atoms with Gasteiger partial charge in [-0.05, 0) is 125 Å². The van der Waals surface area contributed by atoms with Crippen LogP contribution in [0.25, 0.3) is 0 Å². The van der Waals surface area contributed by atoms with E-state index in [2.05, 4.69) is 47.6 Å². The summed E-state index contributed by atoms with van der Waals surface area (Å²) < 4.78 is 0. The molecule has 0 aromatic rings. The highest BCUT2D eigenvalue weighted by atomic mass is 16.3. The molecule has 170 valence electrons. The first-order chi connectivity index (χ1) is 14.2. The van der Waals surface area contributed by atoms with Crippen LogP contribution < -0.4 is 0 Å². The van der Waals surface area contributed by atoms with Crippen LogP contribution in [0.3, 0.4) is 0 Å². The molecule has 1 N–H and O–H groups in total. The minimum Gasteiger partial charge on any atom is -0.393 e. The van der Waals surface area contributed by atoms with Crippen molar-refractivity contribution in [1.82, 2.24) is 0 Å². The Morgan fingerprint density at radius 3 is 2.57 bits per heavy atom. The molecule has 8 atom stereocenters. The SMILES string of the molecule is CCC(CC[C@@H](C)C1CCC2C3CC=C4C[C@@H](O)CC[C@]4(C)C3CCC21C)=C(C)C. The van der Waals surface area contributed by atoms with E-state index in [9.17, 15) is 5.11 Å². The largest absolute Gasteiger partial charge is 0.393 e. The maximum absolute atomic E-state index is 10.2. The molecule has 4 aliphatic rings. The topological polar surface area (TPSA) is 20.2 Å². The number of hydrogen-bond acceptors (Lipinski definition) is 1. The summed E-state index contributed by atoms with van der Waals surface area (Å²) in [6.07, 6.45) is 16.7. The molecule has 0 heterocycles. The Balaban J connectivity index is 1.49. The number of rotatable bonds is 5. The van der Waals surface area contributed by atoms with E-state index in [4.69, 9.17) is 0 Å². The molecule has 1 nitrogen and oxygen atoms in total. The zero-order valence-corrected chi connectivity index (χ0v) is 20.8. The average Bonchev–Trinajstić information content (AvgIpc) is 3.06. The minimum absolute atomic E-state index is 0.0831. The van der Waals surface area contributed by atoms with Gasteiger partial charge in [-0.25, -0.2) is 0 Å². The van der Waals surface area contributed by atoms with E-state index in [1.807, 2.05) is 0 Å². The Kier molecular flexibility index (Phi) is 6.35. The van der Waals surface area contributed by atoms with Crippen molar-refractivity contribution in [2.75, 3.05) is 0 Å². The normalized spacial score (nSPS) is 43.8. The molecule has 0 saturated heterocycles. The minimum atomic E-state index is -0.0831. The first kappa shape index (κ1) is 22.6.